The minimum atomic E-state index is -7.13. The zero-order valence-electron chi connectivity index (χ0n) is 18.8. The van der Waals surface area contributed by atoms with Crippen LogP contribution in [0, 0.1) is 0 Å². The highest BCUT2D eigenvalue weighted by Crippen LogP contribution is 2.55. The van der Waals surface area contributed by atoms with Gasteiger partial charge in [-0.1, -0.05) is 0 Å². The molecule has 0 aromatic rings. The largest absolute Gasteiger partial charge is 0.463 e. The molecular formula is C18H14F18O4. The van der Waals surface area contributed by atoms with Crippen LogP contribution < -0.4 is 0 Å². The third-order valence-electron chi connectivity index (χ3n) is 4.53. The summed E-state index contributed by atoms with van der Waals surface area (Å²) in [5.41, 5.74) is 0. The first kappa shape index (κ1) is 37.4. The van der Waals surface area contributed by atoms with Crippen LogP contribution in [0.2, 0.25) is 0 Å². The van der Waals surface area contributed by atoms with Crippen molar-refractivity contribution in [2.45, 2.75) is 73.6 Å². The van der Waals surface area contributed by atoms with E-state index in [1.54, 1.807) is 0 Å². The molecule has 40 heavy (non-hydrogen) atoms. The second-order valence-electron chi connectivity index (χ2n) is 7.58. The molecule has 0 heterocycles. The van der Waals surface area contributed by atoms with Gasteiger partial charge in [0, 0.05) is 25.0 Å². The molecule has 0 fully saturated rings. The SMILES string of the molecule is O=C(C=CC(=O)OCCCC(F)(F)C(F)(F)C(F)(F)C(F)(F)F)OCCCC(F)(F)C(F)(F)C(F)(F)C(F)(F)F. The number of ether oxygens (including phenoxy) is 2. The van der Waals surface area contributed by atoms with Crippen molar-refractivity contribution in [1.82, 2.24) is 0 Å². The molecular weight excluding hydrogens is 622 g/mol. The fourth-order valence-electron chi connectivity index (χ4n) is 2.30. The summed E-state index contributed by atoms with van der Waals surface area (Å²) in [6.07, 6.45) is -21.4. The lowest BCUT2D eigenvalue weighted by Gasteiger charge is -2.33. The highest BCUT2D eigenvalue weighted by Gasteiger charge is 2.82. The normalized spacial score (nSPS) is 14.9. The molecule has 0 radical (unpaired) electrons. The fraction of sp³-hybridized carbons (Fsp3) is 0.778. The predicted octanol–water partition coefficient (Wildman–Crippen LogP) is 7.13. The van der Waals surface area contributed by atoms with Gasteiger partial charge in [-0.15, -0.1) is 0 Å². The maximum absolute atomic E-state index is 13.3. The Morgan fingerprint density at radius 1 is 0.450 bits per heavy atom. The highest BCUT2D eigenvalue weighted by molar-refractivity contribution is 5.91. The number of carbonyl (C=O) groups excluding carboxylic acids is 2. The van der Waals surface area contributed by atoms with E-state index in [4.69, 9.17) is 0 Å². The monoisotopic (exact) mass is 636 g/mol. The van der Waals surface area contributed by atoms with Crippen molar-refractivity contribution in [3.8, 4) is 0 Å². The number of hydrogen-bond acceptors (Lipinski definition) is 4. The smallest absolute Gasteiger partial charge is 0.460 e. The molecule has 0 bridgehead atoms. The minimum absolute atomic E-state index is 0.0829. The molecule has 0 aliphatic heterocycles. The van der Waals surface area contributed by atoms with Crippen molar-refractivity contribution in [2.75, 3.05) is 13.2 Å². The quantitative estimate of drug-likeness (QED) is 0.0882. The van der Waals surface area contributed by atoms with Gasteiger partial charge in [0.05, 0.1) is 13.2 Å². The van der Waals surface area contributed by atoms with E-state index in [1.807, 2.05) is 0 Å². The van der Waals surface area contributed by atoms with Crippen LogP contribution in [0.15, 0.2) is 12.2 Å². The second-order valence-corrected chi connectivity index (χ2v) is 7.58. The molecule has 0 aliphatic carbocycles. The number of esters is 2. The number of halogens is 18. The molecule has 0 aromatic carbocycles. The van der Waals surface area contributed by atoms with Gasteiger partial charge in [0.1, 0.15) is 0 Å². The topological polar surface area (TPSA) is 52.6 Å². The maximum Gasteiger partial charge on any atom is 0.460 e. The Morgan fingerprint density at radius 3 is 0.925 bits per heavy atom. The van der Waals surface area contributed by atoms with E-state index in [9.17, 15) is 88.6 Å². The molecule has 0 amide bonds. The van der Waals surface area contributed by atoms with Crippen molar-refractivity contribution in [2.24, 2.45) is 0 Å². The standard InChI is InChI=1S/C18H14F18O4/c19-11(20,13(23,24)15(27,28)17(31,32)33)5-1-7-39-9(37)3-4-10(38)40-8-2-6-12(21,22)14(25,26)16(29,30)18(34,35)36/h3-4H,1-2,5-8H2. The zero-order chi connectivity index (χ0) is 32.2. The van der Waals surface area contributed by atoms with Gasteiger partial charge in [-0.3, -0.25) is 0 Å². The van der Waals surface area contributed by atoms with E-state index >= 15 is 0 Å². The van der Waals surface area contributed by atoms with Crippen molar-refractivity contribution >= 4 is 11.9 Å². The first-order valence-electron chi connectivity index (χ1n) is 9.91. The Morgan fingerprint density at radius 2 is 0.700 bits per heavy atom. The van der Waals surface area contributed by atoms with Crippen molar-refractivity contribution in [3.05, 3.63) is 12.2 Å². The molecule has 0 spiro atoms. The summed E-state index contributed by atoms with van der Waals surface area (Å²) >= 11 is 0. The Labute approximate surface area is 210 Å². The van der Waals surface area contributed by atoms with Crippen LogP contribution in [0.25, 0.3) is 0 Å². The van der Waals surface area contributed by atoms with Crippen LogP contribution in [-0.2, 0) is 19.1 Å². The summed E-state index contributed by atoms with van der Waals surface area (Å²) < 4.78 is 236. The molecule has 0 aromatic heterocycles. The summed E-state index contributed by atoms with van der Waals surface area (Å²) in [4.78, 5) is 22.5. The van der Waals surface area contributed by atoms with Crippen LogP contribution in [-0.4, -0.2) is 73.0 Å². The van der Waals surface area contributed by atoms with Gasteiger partial charge in [-0.2, -0.15) is 79.0 Å². The van der Waals surface area contributed by atoms with Gasteiger partial charge >= 0.3 is 59.8 Å². The molecule has 236 valence electrons. The molecule has 0 atom stereocenters. The lowest BCUT2D eigenvalue weighted by atomic mass is 10.00. The van der Waals surface area contributed by atoms with Crippen molar-refractivity contribution in [3.63, 3.8) is 0 Å². The van der Waals surface area contributed by atoms with Gasteiger partial charge < -0.3 is 9.47 Å². The summed E-state index contributed by atoms with van der Waals surface area (Å²) in [5, 5.41) is 0. The second kappa shape index (κ2) is 12.1. The molecule has 0 aliphatic rings. The lowest BCUT2D eigenvalue weighted by molar-refractivity contribution is -0.396. The molecule has 0 saturated heterocycles. The van der Waals surface area contributed by atoms with E-state index < -0.39 is 98.7 Å². The Balaban J connectivity index is 4.71. The van der Waals surface area contributed by atoms with Crippen LogP contribution in [0.5, 0.6) is 0 Å². The van der Waals surface area contributed by atoms with E-state index in [0.29, 0.717) is 0 Å². The van der Waals surface area contributed by atoms with Gasteiger partial charge in [-0.25, -0.2) is 9.59 Å². The van der Waals surface area contributed by atoms with Crippen molar-refractivity contribution in [1.29, 1.82) is 0 Å². The summed E-state index contributed by atoms with van der Waals surface area (Å²) in [6, 6.07) is 0. The lowest BCUT2D eigenvalue weighted by Crippen LogP contribution is -2.60. The zero-order valence-corrected chi connectivity index (χ0v) is 18.8. The number of carbonyl (C=O) groups is 2. The minimum Gasteiger partial charge on any atom is -0.463 e. The van der Waals surface area contributed by atoms with Crippen LogP contribution in [0.3, 0.4) is 0 Å². The highest BCUT2D eigenvalue weighted by atomic mass is 19.4. The summed E-state index contributed by atoms with van der Waals surface area (Å²) in [6.45, 7) is -2.60. The van der Waals surface area contributed by atoms with E-state index in [1.165, 1.54) is 0 Å². The molecule has 22 heteroatoms. The molecule has 0 rings (SSSR count). The average Bonchev–Trinajstić information content (AvgIpc) is 2.76. The first-order valence-corrected chi connectivity index (χ1v) is 9.91. The van der Waals surface area contributed by atoms with Gasteiger partial charge in [-0.05, 0) is 12.8 Å². The number of rotatable bonds is 14. The van der Waals surface area contributed by atoms with Crippen molar-refractivity contribution < 1.29 is 98.1 Å². The average molecular weight is 636 g/mol. The van der Waals surface area contributed by atoms with Crippen LogP contribution in [0.1, 0.15) is 25.7 Å². The molecule has 0 unspecified atom stereocenters. The van der Waals surface area contributed by atoms with Gasteiger partial charge in [0.25, 0.3) is 0 Å². The van der Waals surface area contributed by atoms with Gasteiger partial charge in [0.15, 0.2) is 0 Å². The van der Waals surface area contributed by atoms with Crippen LogP contribution >= 0.6 is 0 Å². The molecule has 0 saturated carbocycles. The Bertz CT molecular complexity index is 831. The Kier molecular flexibility index (Phi) is 11.3. The molecule has 0 N–H and O–H groups in total. The predicted molar refractivity (Wildman–Crippen MR) is 91.3 cm³/mol. The third kappa shape index (κ3) is 8.00. The Hall–Kier alpha value is -2.58. The molecule has 4 nitrogen and oxygen atoms in total. The van der Waals surface area contributed by atoms with Gasteiger partial charge in [0.2, 0.25) is 0 Å². The fourth-order valence-corrected chi connectivity index (χ4v) is 2.30. The number of hydrogen-bond donors (Lipinski definition) is 0. The van der Waals surface area contributed by atoms with E-state index in [2.05, 4.69) is 9.47 Å². The van der Waals surface area contributed by atoms with E-state index in [0.717, 1.165) is 0 Å². The first-order chi connectivity index (χ1) is 17.5. The number of alkyl halides is 18. The maximum atomic E-state index is 13.3. The van der Waals surface area contributed by atoms with Crippen LogP contribution in [0.4, 0.5) is 79.0 Å². The van der Waals surface area contributed by atoms with E-state index in [-0.39, 0.29) is 12.2 Å². The third-order valence-corrected chi connectivity index (χ3v) is 4.53. The summed E-state index contributed by atoms with van der Waals surface area (Å²) in [7, 11) is 0. The summed E-state index contributed by atoms with van der Waals surface area (Å²) in [5.74, 6) is -43.3.